The Morgan fingerprint density at radius 1 is 1.29 bits per heavy atom. The van der Waals surface area contributed by atoms with Crippen molar-refractivity contribution in [3.8, 4) is 5.75 Å². The van der Waals surface area contributed by atoms with Crippen LogP contribution in [-0.2, 0) is 14.4 Å². The van der Waals surface area contributed by atoms with Gasteiger partial charge in [-0.3, -0.25) is 9.59 Å². The number of carboxylic acids is 1. The molecule has 0 aromatic heterocycles. The molecule has 0 fully saturated rings. The minimum absolute atomic E-state index is 0.0147. The molecule has 8 heteroatoms. The predicted octanol–water partition coefficient (Wildman–Crippen LogP) is 2.59. The van der Waals surface area contributed by atoms with E-state index in [1.54, 1.807) is 31.2 Å². The molecule has 2 atom stereocenters. The van der Waals surface area contributed by atoms with Gasteiger partial charge in [-0.05, 0) is 42.3 Å². The van der Waals surface area contributed by atoms with Gasteiger partial charge in [0, 0.05) is 12.1 Å². The van der Waals surface area contributed by atoms with E-state index < -0.39 is 24.3 Å². The van der Waals surface area contributed by atoms with Crippen LogP contribution >= 0.6 is 0 Å². The van der Waals surface area contributed by atoms with E-state index in [1.807, 2.05) is 0 Å². The molecule has 28 heavy (non-hydrogen) atoms. The molecular weight excluding hydrogens is 367 g/mol. The number of hydrogen-bond donors (Lipinski definition) is 3. The summed E-state index contributed by atoms with van der Waals surface area (Å²) in [6, 6.07) is 10.3. The molecule has 0 radical (unpaired) electrons. The largest absolute Gasteiger partial charge is 0.482 e. The van der Waals surface area contributed by atoms with E-state index in [0.29, 0.717) is 17.0 Å². The summed E-state index contributed by atoms with van der Waals surface area (Å²) in [6.07, 6.45) is -0.0147. The lowest BCUT2D eigenvalue weighted by atomic mass is 9.89. The number of carbonyl (C=O) groups excluding carboxylic acids is 2. The number of benzene rings is 2. The Balaban J connectivity index is 1.69. The molecule has 0 bridgehead atoms. The lowest BCUT2D eigenvalue weighted by Gasteiger charge is -2.26. The average Bonchev–Trinajstić information content (AvgIpc) is 2.65. The second-order valence-corrected chi connectivity index (χ2v) is 6.52. The summed E-state index contributed by atoms with van der Waals surface area (Å²) in [7, 11) is 0. The number of rotatable bonds is 6. The van der Waals surface area contributed by atoms with Gasteiger partial charge in [-0.15, -0.1) is 0 Å². The number of ether oxygens (including phenoxy) is 1. The van der Waals surface area contributed by atoms with Crippen molar-refractivity contribution in [2.45, 2.75) is 25.3 Å². The van der Waals surface area contributed by atoms with Crippen LogP contribution in [0.3, 0.4) is 0 Å². The first-order chi connectivity index (χ1) is 13.3. The third kappa shape index (κ3) is 4.46. The van der Waals surface area contributed by atoms with Gasteiger partial charge in [-0.2, -0.15) is 0 Å². The first kappa shape index (κ1) is 19.3. The maximum absolute atomic E-state index is 13.4. The van der Waals surface area contributed by atoms with Crippen LogP contribution in [0.4, 0.5) is 10.1 Å². The first-order valence-electron chi connectivity index (χ1n) is 8.67. The number of anilines is 1. The smallest absolute Gasteiger partial charge is 0.341 e. The van der Waals surface area contributed by atoms with Gasteiger partial charge in [-0.25, -0.2) is 9.18 Å². The van der Waals surface area contributed by atoms with Crippen LogP contribution in [0.5, 0.6) is 5.75 Å². The molecule has 1 aliphatic rings. The Labute approximate surface area is 160 Å². The van der Waals surface area contributed by atoms with Gasteiger partial charge in [-0.1, -0.05) is 18.2 Å². The van der Waals surface area contributed by atoms with Gasteiger partial charge in [0.2, 0.25) is 11.8 Å². The topological polar surface area (TPSA) is 105 Å². The fourth-order valence-corrected chi connectivity index (χ4v) is 3.07. The summed E-state index contributed by atoms with van der Waals surface area (Å²) in [5, 5.41) is 14.1. The van der Waals surface area contributed by atoms with E-state index in [-0.39, 0.29) is 24.3 Å². The Morgan fingerprint density at radius 3 is 2.68 bits per heavy atom. The normalized spacial score (nSPS) is 16.5. The number of carboxylic acid groups (broad SMARTS) is 1. The third-order valence-electron chi connectivity index (χ3n) is 4.47. The van der Waals surface area contributed by atoms with Crippen molar-refractivity contribution in [1.82, 2.24) is 5.32 Å². The molecule has 7 nitrogen and oxygen atoms in total. The monoisotopic (exact) mass is 386 g/mol. The molecule has 2 aromatic rings. The van der Waals surface area contributed by atoms with Crippen LogP contribution < -0.4 is 15.4 Å². The van der Waals surface area contributed by atoms with Crippen LogP contribution in [0.25, 0.3) is 0 Å². The second kappa shape index (κ2) is 8.08. The zero-order chi connectivity index (χ0) is 20.3. The number of amides is 2. The number of nitrogens with one attached hydrogen (secondary N) is 2. The van der Waals surface area contributed by atoms with Crippen LogP contribution in [0, 0.1) is 5.82 Å². The van der Waals surface area contributed by atoms with E-state index >= 15 is 0 Å². The fourth-order valence-electron chi connectivity index (χ4n) is 3.07. The highest BCUT2D eigenvalue weighted by Gasteiger charge is 2.31. The molecular formula is C20H19FN2O5. The Bertz CT molecular complexity index is 913. The molecule has 1 heterocycles. The lowest BCUT2D eigenvalue weighted by Crippen LogP contribution is -2.36. The molecule has 2 aromatic carbocycles. The highest BCUT2D eigenvalue weighted by Crippen LogP contribution is 2.33. The van der Waals surface area contributed by atoms with Crippen molar-refractivity contribution in [2.75, 3.05) is 11.9 Å². The lowest BCUT2D eigenvalue weighted by molar-refractivity contribution is -0.139. The molecule has 3 N–H and O–H groups in total. The summed E-state index contributed by atoms with van der Waals surface area (Å²) in [4.78, 5) is 35.2. The summed E-state index contributed by atoms with van der Waals surface area (Å²) in [6.45, 7) is 1.36. The van der Waals surface area contributed by atoms with E-state index in [1.165, 1.54) is 18.2 Å². The number of fused-ring (bicyclic) bond motifs is 1. The van der Waals surface area contributed by atoms with Crippen LogP contribution in [0.2, 0.25) is 0 Å². The van der Waals surface area contributed by atoms with Gasteiger partial charge in [0.05, 0.1) is 12.0 Å². The SMILES string of the molecule is CC(NC(=O)C1CC(=O)Nc2cc(F)ccc21)c1ccc(OCC(=O)O)cc1. The van der Waals surface area contributed by atoms with Crippen molar-refractivity contribution >= 4 is 23.5 Å². The van der Waals surface area contributed by atoms with E-state index in [2.05, 4.69) is 10.6 Å². The predicted molar refractivity (Wildman–Crippen MR) is 98.5 cm³/mol. The summed E-state index contributed by atoms with van der Waals surface area (Å²) < 4.78 is 18.5. The van der Waals surface area contributed by atoms with Crippen molar-refractivity contribution in [1.29, 1.82) is 0 Å². The van der Waals surface area contributed by atoms with Crippen LogP contribution in [0.1, 0.15) is 36.4 Å². The quantitative estimate of drug-likeness (QED) is 0.708. The third-order valence-corrected chi connectivity index (χ3v) is 4.47. The molecule has 0 spiro atoms. The van der Waals surface area contributed by atoms with Crippen molar-refractivity contribution in [3.05, 3.63) is 59.4 Å². The number of hydrogen-bond acceptors (Lipinski definition) is 4. The molecule has 2 unspecified atom stereocenters. The van der Waals surface area contributed by atoms with Gasteiger partial charge >= 0.3 is 5.97 Å². The van der Waals surface area contributed by atoms with Gasteiger partial charge < -0.3 is 20.5 Å². The maximum atomic E-state index is 13.4. The molecule has 3 rings (SSSR count). The second-order valence-electron chi connectivity index (χ2n) is 6.52. The summed E-state index contributed by atoms with van der Waals surface area (Å²) in [5.74, 6) is -2.53. The van der Waals surface area contributed by atoms with Crippen molar-refractivity contribution < 1.29 is 28.6 Å². The molecule has 0 saturated carbocycles. The van der Waals surface area contributed by atoms with Gasteiger partial charge in [0.25, 0.3) is 0 Å². The number of carbonyl (C=O) groups is 3. The molecule has 1 aliphatic heterocycles. The molecule has 0 aliphatic carbocycles. The fraction of sp³-hybridized carbons (Fsp3) is 0.250. The minimum Gasteiger partial charge on any atom is -0.482 e. The van der Waals surface area contributed by atoms with Crippen LogP contribution in [0.15, 0.2) is 42.5 Å². The average molecular weight is 386 g/mol. The maximum Gasteiger partial charge on any atom is 0.341 e. The first-order valence-corrected chi connectivity index (χ1v) is 8.67. The zero-order valence-corrected chi connectivity index (χ0v) is 15.1. The van der Waals surface area contributed by atoms with Gasteiger partial charge in [0.1, 0.15) is 11.6 Å². The van der Waals surface area contributed by atoms with Crippen molar-refractivity contribution in [3.63, 3.8) is 0 Å². The Kier molecular flexibility index (Phi) is 5.58. The van der Waals surface area contributed by atoms with Crippen molar-refractivity contribution in [2.24, 2.45) is 0 Å². The molecule has 0 saturated heterocycles. The van der Waals surface area contributed by atoms with E-state index in [9.17, 15) is 18.8 Å². The molecule has 146 valence electrons. The number of halogens is 1. The summed E-state index contributed by atoms with van der Waals surface area (Å²) in [5.41, 5.74) is 1.67. The van der Waals surface area contributed by atoms with Gasteiger partial charge in [0.15, 0.2) is 6.61 Å². The Morgan fingerprint density at radius 2 is 2.00 bits per heavy atom. The molecule has 2 amide bonds. The number of aliphatic carboxylic acids is 1. The Hall–Kier alpha value is -3.42. The van der Waals surface area contributed by atoms with E-state index in [0.717, 1.165) is 5.56 Å². The highest BCUT2D eigenvalue weighted by atomic mass is 19.1. The van der Waals surface area contributed by atoms with Crippen LogP contribution in [-0.4, -0.2) is 29.5 Å². The van der Waals surface area contributed by atoms with E-state index in [4.69, 9.17) is 9.84 Å². The zero-order valence-electron chi connectivity index (χ0n) is 15.1. The highest BCUT2D eigenvalue weighted by molar-refractivity contribution is 6.01. The standard InChI is InChI=1S/C20H19FN2O5/c1-11(12-2-5-14(6-3-12)28-10-19(25)26)22-20(27)16-9-18(24)23-17-8-13(21)4-7-15(16)17/h2-8,11,16H,9-10H2,1H3,(H,22,27)(H,23,24)(H,25,26). The minimum atomic E-state index is -1.07. The summed E-state index contributed by atoms with van der Waals surface area (Å²) >= 11 is 0.